The summed E-state index contributed by atoms with van der Waals surface area (Å²) in [7, 11) is -14.7. The van der Waals surface area contributed by atoms with Gasteiger partial charge in [0, 0.05) is 33.4 Å². The van der Waals surface area contributed by atoms with Crippen LogP contribution in [0.3, 0.4) is 0 Å². The van der Waals surface area contributed by atoms with Gasteiger partial charge < -0.3 is 9.64 Å². The summed E-state index contributed by atoms with van der Waals surface area (Å²) in [6, 6.07) is 67.5. The molecule has 0 amide bonds. The monoisotopic (exact) mass is 984 g/mol. The van der Waals surface area contributed by atoms with Crippen LogP contribution in [0.15, 0.2) is 272 Å². The predicted molar refractivity (Wildman–Crippen MR) is 276 cm³/mol. The Hall–Kier alpha value is -8.42. The van der Waals surface area contributed by atoms with Crippen molar-refractivity contribution < 1.29 is 30.0 Å². The van der Waals surface area contributed by atoms with Gasteiger partial charge in [0.2, 0.25) is 29.5 Å². The Kier molecular flexibility index (Phi) is 11.5. The zero-order valence-electron chi connectivity index (χ0n) is 37.6. The second-order valence-corrected chi connectivity index (χ2v) is 22.3. The summed E-state index contributed by atoms with van der Waals surface area (Å²) in [5, 5.41) is 0. The lowest BCUT2D eigenvalue weighted by atomic mass is 9.94. The van der Waals surface area contributed by atoms with Gasteiger partial charge in [0.1, 0.15) is 4.90 Å². The van der Waals surface area contributed by atoms with Gasteiger partial charge in [-0.3, -0.25) is 0 Å². The third kappa shape index (κ3) is 7.97. The minimum absolute atomic E-state index is 0.111. The first-order valence-electron chi connectivity index (χ1n) is 22.5. The smallest absolute Gasteiger partial charge is 0.208 e. The van der Waals surface area contributed by atoms with Crippen LogP contribution in [-0.2, 0) is 29.5 Å². The number of rotatable bonds is 11. The summed E-state index contributed by atoms with van der Waals surface area (Å²) < 4.78 is 103. The van der Waals surface area contributed by atoms with E-state index in [0.717, 1.165) is 5.56 Å². The Bertz CT molecular complexity index is 3950. The molecule has 1 aliphatic rings. The fraction of sp³-hybridized carbons (Fsp3) is 0. The van der Waals surface area contributed by atoms with E-state index >= 15 is 25.3 Å². The van der Waals surface area contributed by atoms with Crippen LogP contribution in [0.1, 0.15) is 0 Å². The van der Waals surface area contributed by atoms with Gasteiger partial charge in [0.25, 0.3) is 0 Å². The predicted octanol–water partition coefficient (Wildman–Crippen LogP) is 13.8. The number of hydrogen-bond acceptors (Lipinski definition) is 9. The highest BCUT2D eigenvalue weighted by atomic mass is 32.2. The quantitative estimate of drug-likeness (QED) is 0.124. The molecule has 0 radical (unpaired) electrons. The highest BCUT2D eigenvalue weighted by molar-refractivity contribution is 7.95. The van der Waals surface area contributed by atoms with Gasteiger partial charge in [-0.1, -0.05) is 158 Å². The number of anilines is 3. The van der Waals surface area contributed by atoms with Crippen molar-refractivity contribution in [1.29, 1.82) is 0 Å². The second kappa shape index (κ2) is 18.2. The highest BCUT2D eigenvalue weighted by Crippen LogP contribution is 2.56. The van der Waals surface area contributed by atoms with Gasteiger partial charge in [0.05, 0.1) is 52.9 Å². The summed E-state index contributed by atoms with van der Waals surface area (Å²) in [5.74, 6) is 0.968. The lowest BCUT2D eigenvalue weighted by molar-refractivity contribution is 0.477. The van der Waals surface area contributed by atoms with Gasteiger partial charge in [-0.05, 0) is 84.9 Å². The van der Waals surface area contributed by atoms with Gasteiger partial charge in [-0.25, -0.2) is 30.2 Å². The Morgan fingerprint density at radius 1 is 0.352 bits per heavy atom. The zero-order valence-corrected chi connectivity index (χ0v) is 40.0. The van der Waals surface area contributed by atoms with E-state index in [-0.39, 0.29) is 42.6 Å². The molecule has 12 heteroatoms. The number of hydrogen-bond donors (Lipinski definition) is 0. The largest absolute Gasteiger partial charge is 0.453 e. The molecule has 9 nitrogen and oxygen atoms in total. The number of aromatic nitrogens is 1. The molecular weight excluding hydrogens is 945 g/mol. The Morgan fingerprint density at radius 2 is 0.775 bits per heavy atom. The Labute approximate surface area is 412 Å². The minimum atomic E-state index is -5.04. The molecule has 1 aliphatic heterocycles. The van der Waals surface area contributed by atoms with Gasteiger partial charge in [-0.2, -0.15) is 0 Å². The van der Waals surface area contributed by atoms with Gasteiger partial charge in [0.15, 0.2) is 11.5 Å². The molecule has 0 unspecified atom stereocenters. The first-order valence-corrected chi connectivity index (χ1v) is 27.0. The van der Waals surface area contributed by atoms with Crippen molar-refractivity contribution in [3.8, 4) is 56.3 Å². The Balaban J connectivity index is 1.37. The van der Waals surface area contributed by atoms with Crippen molar-refractivity contribution in [2.75, 3.05) is 4.90 Å². The molecule has 0 N–H and O–H groups in total. The van der Waals surface area contributed by atoms with Crippen LogP contribution in [0.4, 0.5) is 17.1 Å². The third-order valence-electron chi connectivity index (χ3n) is 12.3. The molecule has 0 aliphatic carbocycles. The number of benzene rings is 9. The number of pyridine rings is 1. The fourth-order valence-electron chi connectivity index (χ4n) is 9.07. The topological polar surface area (TPSA) is 128 Å². The van der Waals surface area contributed by atoms with E-state index in [1.807, 2.05) is 102 Å². The van der Waals surface area contributed by atoms with Crippen LogP contribution in [-0.4, -0.2) is 30.2 Å². The average Bonchev–Trinajstić information content (AvgIpc) is 3.42. The van der Waals surface area contributed by atoms with Crippen molar-refractivity contribution in [1.82, 2.24) is 4.98 Å². The molecule has 0 atom stereocenters. The van der Waals surface area contributed by atoms with E-state index in [0.29, 0.717) is 39.8 Å². The van der Waals surface area contributed by atoms with Crippen molar-refractivity contribution in [2.24, 2.45) is 0 Å². The van der Waals surface area contributed by atoms with Gasteiger partial charge in [-0.15, -0.1) is 0 Å². The summed E-state index contributed by atoms with van der Waals surface area (Å²) in [6.07, 6.45) is 0. The average molecular weight is 985 g/mol. The van der Waals surface area contributed by atoms with E-state index in [2.05, 4.69) is 0 Å². The minimum Gasteiger partial charge on any atom is -0.453 e. The number of fused-ring (bicyclic) bond motifs is 2. The molecule has 11 rings (SSSR count). The molecule has 0 saturated heterocycles. The fourth-order valence-corrected chi connectivity index (χ4v) is 14.5. The van der Waals surface area contributed by atoms with Crippen LogP contribution in [0.25, 0.3) is 44.8 Å². The molecule has 0 bridgehead atoms. The molecule has 2 heterocycles. The molecule has 346 valence electrons. The number of para-hydroxylation sites is 5. The van der Waals surface area contributed by atoms with Gasteiger partial charge >= 0.3 is 0 Å². The summed E-state index contributed by atoms with van der Waals surface area (Å²) in [4.78, 5) is 4.63. The molecular formula is C59H40N2O7S3. The molecule has 0 fully saturated rings. The van der Waals surface area contributed by atoms with Crippen molar-refractivity contribution >= 4 is 46.6 Å². The van der Waals surface area contributed by atoms with E-state index < -0.39 is 44.2 Å². The van der Waals surface area contributed by atoms with Crippen LogP contribution in [0.5, 0.6) is 11.5 Å². The zero-order chi connectivity index (χ0) is 48.7. The summed E-state index contributed by atoms with van der Waals surface area (Å²) >= 11 is 0. The standard InChI is InChI=1S/C59H40N2O7S3/c62-69(63,43-26-10-3-11-27-43)55-40-48(46-38-39-49(41-22-6-1-7-23-41)60-57(46)42-24-8-2-9-25-42)58(70(64,65)44-28-12-4-13-29-44)59(71(66,67)45-30-14-5-15-31-45)56(55)47-32-16-17-33-50(47)61-51-34-18-20-36-53(51)68-54-37-21-19-35-52(54)61/h1-40H. The van der Waals surface area contributed by atoms with Crippen molar-refractivity contribution in [2.45, 2.75) is 29.4 Å². The number of nitrogens with zero attached hydrogens (tertiary/aromatic N) is 2. The van der Waals surface area contributed by atoms with Crippen molar-refractivity contribution in [3.05, 3.63) is 243 Å². The SMILES string of the molecule is O=S(=O)(c1ccccc1)c1cc(-c2ccc(-c3ccccc3)nc2-c2ccccc2)c(S(=O)(=O)c2ccccc2)c(S(=O)(=O)c2ccccc2)c1-c1ccccc1N1c2ccccc2Oc2ccccc21. The third-order valence-corrected chi connectivity index (χ3v) is 18.0. The second-order valence-electron chi connectivity index (χ2n) is 16.6. The molecule has 71 heavy (non-hydrogen) atoms. The number of ether oxygens (including phenoxy) is 1. The summed E-state index contributed by atoms with van der Waals surface area (Å²) in [6.45, 7) is 0. The molecule has 1 aromatic heterocycles. The summed E-state index contributed by atoms with van der Waals surface area (Å²) in [5.41, 5.74) is 3.43. The lowest BCUT2D eigenvalue weighted by Crippen LogP contribution is -2.19. The lowest BCUT2D eigenvalue weighted by Gasteiger charge is -2.34. The number of sulfone groups is 3. The highest BCUT2D eigenvalue weighted by Gasteiger charge is 2.41. The molecule has 9 aromatic carbocycles. The van der Waals surface area contributed by atoms with Crippen LogP contribution < -0.4 is 9.64 Å². The van der Waals surface area contributed by atoms with E-state index in [4.69, 9.17) is 9.72 Å². The maximum absolute atomic E-state index is 16.3. The maximum Gasteiger partial charge on any atom is 0.208 e. The maximum atomic E-state index is 16.3. The Morgan fingerprint density at radius 3 is 1.31 bits per heavy atom. The van der Waals surface area contributed by atoms with Crippen LogP contribution in [0, 0.1) is 0 Å². The first kappa shape index (κ1) is 45.0. The van der Waals surface area contributed by atoms with Crippen molar-refractivity contribution in [3.63, 3.8) is 0 Å². The molecule has 0 saturated carbocycles. The van der Waals surface area contributed by atoms with E-state index in [1.54, 1.807) is 103 Å². The first-order chi connectivity index (χ1) is 34.5. The normalized spacial score (nSPS) is 12.4. The van der Waals surface area contributed by atoms with E-state index in [9.17, 15) is 0 Å². The van der Waals surface area contributed by atoms with Crippen LogP contribution >= 0.6 is 0 Å². The molecule has 0 spiro atoms. The van der Waals surface area contributed by atoms with E-state index in [1.165, 1.54) is 42.5 Å². The van der Waals surface area contributed by atoms with Crippen LogP contribution in [0.2, 0.25) is 0 Å². The molecule has 10 aromatic rings.